The lowest BCUT2D eigenvalue weighted by Gasteiger charge is -2.15. The molecule has 0 saturated carbocycles. The number of aromatic nitrogens is 2. The third kappa shape index (κ3) is 4.15. The van der Waals surface area contributed by atoms with Gasteiger partial charge in [0.05, 0.1) is 11.5 Å². The Morgan fingerprint density at radius 2 is 2.24 bits per heavy atom. The first-order valence-corrected chi connectivity index (χ1v) is 6.67. The lowest BCUT2D eigenvalue weighted by atomic mass is 10.3. The highest BCUT2D eigenvalue weighted by molar-refractivity contribution is 5.84. The van der Waals surface area contributed by atoms with Gasteiger partial charge in [0.1, 0.15) is 11.7 Å². The molecule has 1 amide bonds. The number of carbonyl (C=O) groups excluding carboxylic acids is 1. The van der Waals surface area contributed by atoms with Crippen molar-refractivity contribution < 1.29 is 14.5 Å². The average molecular weight is 299 g/mol. The molecule has 1 unspecified atom stereocenters. The van der Waals surface area contributed by atoms with Gasteiger partial charge >= 0.3 is 5.69 Å². The number of hydrogen-bond donors (Lipinski definition) is 2. The van der Waals surface area contributed by atoms with E-state index in [4.69, 9.17) is 4.74 Å². The number of aryl methyl sites for hydroxylation is 2. The van der Waals surface area contributed by atoms with Gasteiger partial charge < -0.3 is 15.4 Å². The van der Waals surface area contributed by atoms with Crippen LogP contribution in [0, 0.1) is 17.0 Å². The van der Waals surface area contributed by atoms with Crippen LogP contribution in [0.25, 0.3) is 0 Å². The zero-order valence-electron chi connectivity index (χ0n) is 12.7. The van der Waals surface area contributed by atoms with Gasteiger partial charge in [0.2, 0.25) is 11.7 Å². The van der Waals surface area contributed by atoms with Crippen LogP contribution in [0.3, 0.4) is 0 Å². The molecule has 0 fully saturated rings. The van der Waals surface area contributed by atoms with Crippen molar-refractivity contribution in [2.24, 2.45) is 0 Å². The second-order valence-corrected chi connectivity index (χ2v) is 4.51. The summed E-state index contributed by atoms with van der Waals surface area (Å²) in [6, 6.07) is -0.623. The minimum absolute atomic E-state index is 0.103. The topological polar surface area (TPSA) is 111 Å². The zero-order valence-corrected chi connectivity index (χ0v) is 12.7. The third-order valence-electron chi connectivity index (χ3n) is 2.93. The summed E-state index contributed by atoms with van der Waals surface area (Å²) in [5.74, 6) is -0.0164. The molecular weight excluding hydrogens is 278 g/mol. The van der Waals surface area contributed by atoms with Gasteiger partial charge in [-0.25, -0.2) is 4.68 Å². The predicted octanol–water partition coefficient (Wildman–Crippen LogP) is 0.683. The number of amides is 1. The molecule has 9 heteroatoms. The van der Waals surface area contributed by atoms with Crippen molar-refractivity contribution in [1.29, 1.82) is 0 Å². The molecule has 2 N–H and O–H groups in total. The van der Waals surface area contributed by atoms with Crippen LogP contribution in [0.15, 0.2) is 0 Å². The molecular formula is C12H21N5O4. The molecule has 0 aromatic carbocycles. The van der Waals surface area contributed by atoms with Crippen LogP contribution < -0.4 is 10.6 Å². The van der Waals surface area contributed by atoms with E-state index >= 15 is 0 Å². The number of carbonyl (C=O) groups is 1. The Hall–Kier alpha value is -2.16. The Kier molecular flexibility index (Phi) is 6.10. The summed E-state index contributed by atoms with van der Waals surface area (Å²) in [7, 11) is 1.54. The van der Waals surface area contributed by atoms with Gasteiger partial charge in [-0.3, -0.25) is 14.9 Å². The van der Waals surface area contributed by atoms with Crippen molar-refractivity contribution in [2.75, 3.05) is 25.6 Å². The van der Waals surface area contributed by atoms with Gasteiger partial charge in [0.15, 0.2) is 0 Å². The number of anilines is 1. The zero-order chi connectivity index (χ0) is 16.0. The fourth-order valence-electron chi connectivity index (χ4n) is 1.86. The van der Waals surface area contributed by atoms with Gasteiger partial charge in [-0.1, -0.05) is 0 Å². The highest BCUT2D eigenvalue weighted by Gasteiger charge is 2.27. The Morgan fingerprint density at radius 3 is 2.76 bits per heavy atom. The Morgan fingerprint density at radius 1 is 1.57 bits per heavy atom. The van der Waals surface area contributed by atoms with E-state index in [1.807, 2.05) is 6.92 Å². The number of hydrogen-bond acceptors (Lipinski definition) is 6. The smallest absolute Gasteiger partial charge is 0.333 e. The molecule has 0 radical (unpaired) electrons. The molecule has 9 nitrogen and oxygen atoms in total. The molecule has 0 bridgehead atoms. The normalized spacial score (nSPS) is 12.0. The molecule has 1 rings (SSSR count). The second kappa shape index (κ2) is 7.58. The molecule has 118 valence electrons. The van der Waals surface area contributed by atoms with Crippen molar-refractivity contribution in [3.05, 3.63) is 15.8 Å². The van der Waals surface area contributed by atoms with Crippen LogP contribution in [0.1, 0.15) is 19.5 Å². The number of rotatable bonds is 8. The van der Waals surface area contributed by atoms with E-state index in [2.05, 4.69) is 15.7 Å². The maximum Gasteiger partial charge on any atom is 0.333 e. The van der Waals surface area contributed by atoms with Crippen LogP contribution in [0.5, 0.6) is 0 Å². The van der Waals surface area contributed by atoms with Gasteiger partial charge in [-0.2, -0.15) is 5.10 Å². The van der Waals surface area contributed by atoms with E-state index in [0.717, 1.165) is 0 Å². The highest BCUT2D eigenvalue weighted by Crippen LogP contribution is 2.28. The average Bonchev–Trinajstić information content (AvgIpc) is 2.74. The largest absolute Gasteiger partial charge is 0.383 e. The molecule has 0 saturated heterocycles. The van der Waals surface area contributed by atoms with E-state index in [0.29, 0.717) is 25.4 Å². The minimum atomic E-state index is -0.623. The Balaban J connectivity index is 2.86. The van der Waals surface area contributed by atoms with Crippen LogP contribution in [0.4, 0.5) is 11.5 Å². The predicted molar refractivity (Wildman–Crippen MR) is 77.3 cm³/mol. The summed E-state index contributed by atoms with van der Waals surface area (Å²) in [6.45, 7) is 6.28. The van der Waals surface area contributed by atoms with Gasteiger partial charge in [0.25, 0.3) is 0 Å². The van der Waals surface area contributed by atoms with Crippen molar-refractivity contribution >= 4 is 17.4 Å². The van der Waals surface area contributed by atoms with E-state index in [9.17, 15) is 14.9 Å². The molecule has 0 aliphatic carbocycles. The van der Waals surface area contributed by atoms with Crippen molar-refractivity contribution in [3.8, 4) is 0 Å². The first-order valence-electron chi connectivity index (χ1n) is 6.67. The van der Waals surface area contributed by atoms with E-state index < -0.39 is 11.0 Å². The minimum Gasteiger partial charge on any atom is -0.383 e. The van der Waals surface area contributed by atoms with Gasteiger partial charge in [-0.05, 0) is 20.8 Å². The molecule has 0 spiro atoms. The fraction of sp³-hybridized carbons (Fsp3) is 0.667. The van der Waals surface area contributed by atoms with Crippen molar-refractivity contribution in [2.45, 2.75) is 33.4 Å². The third-order valence-corrected chi connectivity index (χ3v) is 2.93. The van der Waals surface area contributed by atoms with E-state index in [1.54, 1.807) is 21.0 Å². The number of nitrogens with one attached hydrogen (secondary N) is 2. The quantitative estimate of drug-likeness (QED) is 0.415. The summed E-state index contributed by atoms with van der Waals surface area (Å²) in [6.07, 6.45) is 0. The lowest BCUT2D eigenvalue weighted by Crippen LogP contribution is -2.39. The summed E-state index contributed by atoms with van der Waals surface area (Å²) >= 11 is 0. The van der Waals surface area contributed by atoms with Crippen LogP contribution >= 0.6 is 0 Å². The first kappa shape index (κ1) is 16.9. The Labute approximate surface area is 122 Å². The summed E-state index contributed by atoms with van der Waals surface area (Å²) < 4.78 is 6.32. The number of nitro groups is 1. The van der Waals surface area contributed by atoms with E-state index in [1.165, 1.54) is 4.68 Å². The molecule has 1 aromatic rings. The molecule has 1 aromatic heterocycles. The van der Waals surface area contributed by atoms with Gasteiger partial charge in [0, 0.05) is 20.2 Å². The monoisotopic (exact) mass is 299 g/mol. The fourth-order valence-corrected chi connectivity index (χ4v) is 1.86. The maximum absolute atomic E-state index is 11.9. The summed E-state index contributed by atoms with van der Waals surface area (Å²) in [4.78, 5) is 22.5. The van der Waals surface area contributed by atoms with Crippen LogP contribution in [0.2, 0.25) is 0 Å². The standard InChI is InChI=1S/C12H21N5O4/c1-5-16-11(10(17(19)20)8(2)15-16)14-9(3)12(18)13-6-7-21-4/h9,14H,5-7H2,1-4H3,(H,13,18). The van der Waals surface area contributed by atoms with Crippen molar-refractivity contribution in [3.63, 3.8) is 0 Å². The molecule has 0 aliphatic heterocycles. The van der Waals surface area contributed by atoms with Crippen LogP contribution in [-0.4, -0.2) is 46.9 Å². The maximum atomic E-state index is 11.9. The highest BCUT2D eigenvalue weighted by atomic mass is 16.6. The number of ether oxygens (including phenoxy) is 1. The number of nitrogens with zero attached hydrogens (tertiary/aromatic N) is 3. The lowest BCUT2D eigenvalue weighted by molar-refractivity contribution is -0.384. The molecule has 1 heterocycles. The molecule has 21 heavy (non-hydrogen) atoms. The first-order chi connectivity index (χ1) is 9.92. The number of methoxy groups -OCH3 is 1. The van der Waals surface area contributed by atoms with Gasteiger partial charge in [-0.15, -0.1) is 0 Å². The Bertz CT molecular complexity index is 514. The van der Waals surface area contributed by atoms with E-state index in [-0.39, 0.29) is 17.4 Å². The van der Waals surface area contributed by atoms with Crippen LogP contribution in [-0.2, 0) is 16.1 Å². The molecule has 0 aliphatic rings. The second-order valence-electron chi connectivity index (χ2n) is 4.51. The SMILES string of the molecule is CCn1nc(C)c([N+](=O)[O-])c1NC(C)C(=O)NCCOC. The van der Waals surface area contributed by atoms with Crippen molar-refractivity contribution in [1.82, 2.24) is 15.1 Å². The summed E-state index contributed by atoms with van der Waals surface area (Å²) in [5.41, 5.74) is 0.213. The summed E-state index contributed by atoms with van der Waals surface area (Å²) in [5, 5.41) is 20.8. The molecule has 1 atom stereocenters.